The molecule has 0 saturated carbocycles. The number of rotatable bonds is 3. The van der Waals surface area contributed by atoms with Gasteiger partial charge in [0.2, 0.25) is 0 Å². The molecule has 0 aliphatic carbocycles. The molecule has 0 bridgehead atoms. The quantitative estimate of drug-likeness (QED) is 0.922. The minimum atomic E-state index is 0.132. The molecule has 2 unspecified atom stereocenters. The van der Waals surface area contributed by atoms with Gasteiger partial charge in [-0.05, 0) is 53.2 Å². The van der Waals surface area contributed by atoms with Crippen LogP contribution in [0.5, 0.6) is 0 Å². The first kappa shape index (κ1) is 16.3. The lowest BCUT2D eigenvalue weighted by atomic mass is 10.0. The molecule has 2 atom stereocenters. The molecule has 1 aromatic rings. The molecule has 1 N–H and O–H groups in total. The Morgan fingerprint density at radius 3 is 2.38 bits per heavy atom. The Morgan fingerprint density at radius 2 is 1.81 bits per heavy atom. The molecule has 118 valence electrons. The van der Waals surface area contributed by atoms with Crippen LogP contribution in [-0.4, -0.2) is 30.8 Å². The molecule has 1 aromatic carbocycles. The van der Waals surface area contributed by atoms with Crippen LogP contribution in [0.15, 0.2) is 18.2 Å². The van der Waals surface area contributed by atoms with Crippen molar-refractivity contribution in [2.24, 2.45) is 0 Å². The number of benzene rings is 1. The average molecular weight is 290 g/mol. The fourth-order valence-electron chi connectivity index (χ4n) is 2.90. The van der Waals surface area contributed by atoms with Gasteiger partial charge in [0.15, 0.2) is 0 Å². The molecule has 1 aliphatic rings. The lowest BCUT2D eigenvalue weighted by molar-refractivity contribution is -0.00527. The van der Waals surface area contributed by atoms with Crippen molar-refractivity contribution in [1.29, 1.82) is 0 Å². The van der Waals surface area contributed by atoms with E-state index >= 15 is 0 Å². The number of hydrogen-bond acceptors (Lipinski definition) is 3. The first-order chi connectivity index (χ1) is 9.74. The van der Waals surface area contributed by atoms with E-state index in [4.69, 9.17) is 4.74 Å². The SMILES string of the molecule is Cc1ccc(N2CC(C)OC(C)C2)c(CNC(C)(C)C)c1. The normalized spacial score (nSPS) is 23.4. The first-order valence-electron chi connectivity index (χ1n) is 7.99. The van der Waals surface area contributed by atoms with Crippen molar-refractivity contribution >= 4 is 5.69 Å². The summed E-state index contributed by atoms with van der Waals surface area (Å²) < 4.78 is 5.86. The Labute approximate surface area is 129 Å². The first-order valence-corrected chi connectivity index (χ1v) is 7.99. The van der Waals surface area contributed by atoms with E-state index in [1.165, 1.54) is 16.8 Å². The van der Waals surface area contributed by atoms with Gasteiger partial charge in [0.1, 0.15) is 0 Å². The van der Waals surface area contributed by atoms with Gasteiger partial charge in [-0.1, -0.05) is 17.7 Å². The van der Waals surface area contributed by atoms with Gasteiger partial charge < -0.3 is 15.0 Å². The van der Waals surface area contributed by atoms with Crippen molar-refractivity contribution in [1.82, 2.24) is 5.32 Å². The van der Waals surface area contributed by atoms with Crippen molar-refractivity contribution < 1.29 is 4.74 Å². The number of hydrogen-bond donors (Lipinski definition) is 1. The Hall–Kier alpha value is -1.06. The number of nitrogens with one attached hydrogen (secondary N) is 1. The number of ether oxygens (including phenoxy) is 1. The second-order valence-corrected chi connectivity index (χ2v) is 7.40. The summed E-state index contributed by atoms with van der Waals surface area (Å²) in [6.45, 7) is 15.9. The Kier molecular flexibility index (Phi) is 4.95. The topological polar surface area (TPSA) is 24.5 Å². The number of anilines is 1. The molecule has 1 saturated heterocycles. The van der Waals surface area contributed by atoms with Gasteiger partial charge >= 0.3 is 0 Å². The van der Waals surface area contributed by atoms with E-state index in [1.807, 2.05) is 0 Å². The second kappa shape index (κ2) is 6.37. The fourth-order valence-corrected chi connectivity index (χ4v) is 2.90. The zero-order chi connectivity index (χ0) is 15.6. The molecule has 1 aliphatic heterocycles. The van der Waals surface area contributed by atoms with E-state index in [-0.39, 0.29) is 5.54 Å². The minimum absolute atomic E-state index is 0.132. The third-order valence-electron chi connectivity index (χ3n) is 3.80. The van der Waals surface area contributed by atoms with Crippen molar-refractivity contribution in [2.75, 3.05) is 18.0 Å². The summed E-state index contributed by atoms with van der Waals surface area (Å²) in [5, 5.41) is 3.61. The molecule has 0 radical (unpaired) electrons. The van der Waals surface area contributed by atoms with Crippen LogP contribution in [0.4, 0.5) is 5.69 Å². The minimum Gasteiger partial charge on any atom is -0.372 e. The van der Waals surface area contributed by atoms with Gasteiger partial charge in [-0.2, -0.15) is 0 Å². The lowest BCUT2D eigenvalue weighted by Gasteiger charge is -2.38. The number of aryl methyl sites for hydroxylation is 1. The number of nitrogens with zero attached hydrogens (tertiary/aromatic N) is 1. The Balaban J connectivity index is 2.21. The maximum atomic E-state index is 5.86. The fraction of sp³-hybridized carbons (Fsp3) is 0.667. The summed E-state index contributed by atoms with van der Waals surface area (Å²) in [6.07, 6.45) is 0.581. The molecule has 1 fully saturated rings. The second-order valence-electron chi connectivity index (χ2n) is 7.40. The predicted octanol–water partition coefficient (Wildman–Crippen LogP) is 3.50. The van der Waals surface area contributed by atoms with Crippen LogP contribution < -0.4 is 10.2 Å². The van der Waals surface area contributed by atoms with E-state index in [0.717, 1.165) is 19.6 Å². The molecule has 0 spiro atoms. The standard InChI is InChI=1S/C18H30N2O/c1-13-7-8-17(16(9-13)10-19-18(4,5)6)20-11-14(2)21-15(3)12-20/h7-9,14-15,19H,10-12H2,1-6H3. The van der Waals surface area contributed by atoms with E-state index in [9.17, 15) is 0 Å². The van der Waals surface area contributed by atoms with E-state index in [1.54, 1.807) is 0 Å². The molecule has 0 aromatic heterocycles. The van der Waals surface area contributed by atoms with Crippen LogP contribution in [-0.2, 0) is 11.3 Å². The van der Waals surface area contributed by atoms with Gasteiger partial charge in [-0.15, -0.1) is 0 Å². The summed E-state index contributed by atoms with van der Waals surface area (Å²) >= 11 is 0. The van der Waals surface area contributed by atoms with Crippen LogP contribution in [0.2, 0.25) is 0 Å². The molecule has 2 rings (SSSR count). The van der Waals surface area contributed by atoms with Crippen molar-refractivity contribution in [2.45, 2.75) is 65.8 Å². The summed E-state index contributed by atoms with van der Waals surface area (Å²) in [4.78, 5) is 2.47. The maximum absolute atomic E-state index is 5.86. The summed E-state index contributed by atoms with van der Waals surface area (Å²) in [7, 11) is 0. The van der Waals surface area contributed by atoms with Crippen LogP contribution in [0.1, 0.15) is 45.7 Å². The molecule has 21 heavy (non-hydrogen) atoms. The van der Waals surface area contributed by atoms with Crippen molar-refractivity contribution in [3.05, 3.63) is 29.3 Å². The van der Waals surface area contributed by atoms with Crippen molar-refractivity contribution in [3.8, 4) is 0 Å². The highest BCUT2D eigenvalue weighted by molar-refractivity contribution is 5.55. The lowest BCUT2D eigenvalue weighted by Crippen LogP contribution is -2.46. The predicted molar refractivity (Wildman–Crippen MR) is 90.0 cm³/mol. The van der Waals surface area contributed by atoms with E-state index in [0.29, 0.717) is 12.2 Å². The molecule has 3 nitrogen and oxygen atoms in total. The summed E-state index contributed by atoms with van der Waals surface area (Å²) in [6, 6.07) is 6.78. The Morgan fingerprint density at radius 1 is 1.19 bits per heavy atom. The average Bonchev–Trinajstić information content (AvgIpc) is 2.34. The molecule has 0 amide bonds. The highest BCUT2D eigenvalue weighted by Crippen LogP contribution is 2.26. The van der Waals surface area contributed by atoms with Crippen molar-refractivity contribution in [3.63, 3.8) is 0 Å². The monoisotopic (exact) mass is 290 g/mol. The Bertz CT molecular complexity index is 469. The molecule has 1 heterocycles. The highest BCUT2D eigenvalue weighted by atomic mass is 16.5. The van der Waals surface area contributed by atoms with Crippen LogP contribution >= 0.6 is 0 Å². The zero-order valence-electron chi connectivity index (χ0n) is 14.4. The van der Waals surface area contributed by atoms with Gasteiger partial charge in [0, 0.05) is 30.9 Å². The molecule has 3 heteroatoms. The van der Waals surface area contributed by atoms with E-state index in [2.05, 4.69) is 70.0 Å². The van der Waals surface area contributed by atoms with Gasteiger partial charge in [-0.25, -0.2) is 0 Å². The molecular formula is C18H30N2O. The largest absolute Gasteiger partial charge is 0.372 e. The maximum Gasteiger partial charge on any atom is 0.0726 e. The van der Waals surface area contributed by atoms with E-state index < -0.39 is 0 Å². The summed E-state index contributed by atoms with van der Waals surface area (Å²) in [5.41, 5.74) is 4.18. The molecular weight excluding hydrogens is 260 g/mol. The zero-order valence-corrected chi connectivity index (χ0v) is 14.4. The third-order valence-corrected chi connectivity index (χ3v) is 3.80. The highest BCUT2D eigenvalue weighted by Gasteiger charge is 2.24. The van der Waals surface area contributed by atoms with Gasteiger partial charge in [0.25, 0.3) is 0 Å². The van der Waals surface area contributed by atoms with Gasteiger partial charge in [0.05, 0.1) is 12.2 Å². The van der Waals surface area contributed by atoms with Gasteiger partial charge in [-0.3, -0.25) is 0 Å². The van der Waals surface area contributed by atoms with Crippen LogP contribution in [0.3, 0.4) is 0 Å². The van der Waals surface area contributed by atoms with Crippen LogP contribution in [0, 0.1) is 6.92 Å². The summed E-state index contributed by atoms with van der Waals surface area (Å²) in [5.74, 6) is 0. The third kappa shape index (κ3) is 4.72. The smallest absolute Gasteiger partial charge is 0.0726 e. The number of morpholine rings is 1. The van der Waals surface area contributed by atoms with Crippen LogP contribution in [0.25, 0.3) is 0 Å².